The first kappa shape index (κ1) is 21.3. The Balaban J connectivity index is 1.67. The SMILES string of the molecule is COc1ccc(OCCN2C(=O)COc3ccc(NC(=O)OC(C)(C)C)cc32)cc1. The standard InChI is InChI=1S/C22H26N2O6/c1-22(2,3)30-21(26)23-15-5-10-19-18(13-15)24(20(25)14-29-19)11-12-28-17-8-6-16(27-4)7-9-17/h5-10,13H,11-12,14H2,1-4H3,(H,23,26). The highest BCUT2D eigenvalue weighted by atomic mass is 16.6. The summed E-state index contributed by atoms with van der Waals surface area (Å²) in [4.78, 5) is 26.0. The second-order valence-electron chi connectivity index (χ2n) is 7.67. The highest BCUT2D eigenvalue weighted by molar-refractivity contribution is 5.99. The minimum absolute atomic E-state index is 0.0472. The summed E-state index contributed by atoms with van der Waals surface area (Å²) in [7, 11) is 1.60. The Morgan fingerprint density at radius 1 is 1.13 bits per heavy atom. The molecule has 0 atom stereocenters. The van der Waals surface area contributed by atoms with Crippen molar-refractivity contribution in [2.75, 3.05) is 37.1 Å². The summed E-state index contributed by atoms with van der Waals surface area (Å²) in [5.41, 5.74) is 0.461. The first-order chi connectivity index (χ1) is 14.2. The molecular weight excluding hydrogens is 388 g/mol. The number of anilines is 2. The predicted molar refractivity (Wildman–Crippen MR) is 113 cm³/mol. The number of carbonyl (C=O) groups is 2. The maximum atomic E-state index is 12.4. The predicted octanol–water partition coefficient (Wildman–Crippen LogP) is 3.85. The largest absolute Gasteiger partial charge is 0.497 e. The van der Waals surface area contributed by atoms with E-state index in [9.17, 15) is 9.59 Å². The molecule has 0 unspecified atom stereocenters. The molecule has 160 valence electrons. The van der Waals surface area contributed by atoms with Crippen LogP contribution in [0.15, 0.2) is 42.5 Å². The molecule has 8 nitrogen and oxygen atoms in total. The molecule has 1 heterocycles. The molecule has 3 rings (SSSR count). The summed E-state index contributed by atoms with van der Waals surface area (Å²) in [6, 6.07) is 12.3. The third-order valence-corrected chi connectivity index (χ3v) is 4.19. The zero-order valence-electron chi connectivity index (χ0n) is 17.6. The van der Waals surface area contributed by atoms with Crippen molar-refractivity contribution in [2.45, 2.75) is 26.4 Å². The second kappa shape index (κ2) is 8.94. The van der Waals surface area contributed by atoms with Gasteiger partial charge in [-0.3, -0.25) is 10.1 Å². The second-order valence-corrected chi connectivity index (χ2v) is 7.67. The quantitative estimate of drug-likeness (QED) is 0.773. The first-order valence-corrected chi connectivity index (χ1v) is 9.59. The van der Waals surface area contributed by atoms with Crippen LogP contribution in [-0.4, -0.2) is 44.5 Å². The van der Waals surface area contributed by atoms with E-state index in [0.717, 1.165) is 5.75 Å². The van der Waals surface area contributed by atoms with Gasteiger partial charge in [0, 0.05) is 5.69 Å². The van der Waals surface area contributed by atoms with Gasteiger partial charge in [-0.25, -0.2) is 4.79 Å². The summed E-state index contributed by atoms with van der Waals surface area (Å²) in [6.07, 6.45) is -0.570. The van der Waals surface area contributed by atoms with E-state index in [2.05, 4.69) is 5.32 Å². The number of fused-ring (bicyclic) bond motifs is 1. The topological polar surface area (TPSA) is 86.3 Å². The van der Waals surface area contributed by atoms with Gasteiger partial charge in [0.05, 0.1) is 19.3 Å². The van der Waals surface area contributed by atoms with E-state index in [4.69, 9.17) is 18.9 Å². The summed E-state index contributed by atoms with van der Waals surface area (Å²) >= 11 is 0. The first-order valence-electron chi connectivity index (χ1n) is 9.59. The van der Waals surface area contributed by atoms with Crippen molar-refractivity contribution >= 4 is 23.4 Å². The molecule has 1 aliphatic heterocycles. The molecule has 0 spiro atoms. The molecule has 0 saturated heterocycles. The third-order valence-electron chi connectivity index (χ3n) is 4.19. The number of benzene rings is 2. The van der Waals surface area contributed by atoms with Crippen LogP contribution in [0.3, 0.4) is 0 Å². The maximum absolute atomic E-state index is 12.4. The molecule has 0 radical (unpaired) electrons. The Hall–Kier alpha value is -3.42. The van der Waals surface area contributed by atoms with Gasteiger partial charge in [-0.15, -0.1) is 0 Å². The lowest BCUT2D eigenvalue weighted by molar-refractivity contribution is -0.121. The third kappa shape index (κ3) is 5.56. The van der Waals surface area contributed by atoms with Crippen LogP contribution in [0.2, 0.25) is 0 Å². The van der Waals surface area contributed by atoms with E-state index in [1.807, 2.05) is 0 Å². The maximum Gasteiger partial charge on any atom is 0.412 e. The fourth-order valence-corrected chi connectivity index (χ4v) is 2.87. The molecule has 1 N–H and O–H groups in total. The summed E-state index contributed by atoms with van der Waals surface area (Å²) in [5, 5.41) is 2.68. The Kier molecular flexibility index (Phi) is 6.34. The fourth-order valence-electron chi connectivity index (χ4n) is 2.87. The van der Waals surface area contributed by atoms with Crippen LogP contribution in [0.25, 0.3) is 0 Å². The van der Waals surface area contributed by atoms with Crippen LogP contribution < -0.4 is 24.4 Å². The fraction of sp³-hybridized carbons (Fsp3) is 0.364. The zero-order valence-corrected chi connectivity index (χ0v) is 17.6. The Morgan fingerprint density at radius 2 is 1.83 bits per heavy atom. The molecule has 8 heteroatoms. The monoisotopic (exact) mass is 414 g/mol. The smallest absolute Gasteiger partial charge is 0.412 e. The van der Waals surface area contributed by atoms with Crippen molar-refractivity contribution in [1.29, 1.82) is 0 Å². The normalized spacial score (nSPS) is 13.2. The number of amides is 2. The van der Waals surface area contributed by atoms with E-state index in [1.165, 1.54) is 0 Å². The van der Waals surface area contributed by atoms with Crippen LogP contribution in [0.1, 0.15) is 20.8 Å². The molecule has 2 amide bonds. The average Bonchev–Trinajstić information content (AvgIpc) is 2.68. The van der Waals surface area contributed by atoms with Gasteiger partial charge in [0.15, 0.2) is 6.61 Å². The molecule has 2 aromatic rings. The Morgan fingerprint density at radius 3 is 2.50 bits per heavy atom. The van der Waals surface area contributed by atoms with E-state index >= 15 is 0 Å². The highest BCUT2D eigenvalue weighted by Gasteiger charge is 2.26. The number of methoxy groups -OCH3 is 1. The van der Waals surface area contributed by atoms with E-state index < -0.39 is 11.7 Å². The van der Waals surface area contributed by atoms with Gasteiger partial charge in [0.2, 0.25) is 0 Å². The van der Waals surface area contributed by atoms with Gasteiger partial charge >= 0.3 is 6.09 Å². The van der Waals surface area contributed by atoms with E-state index in [0.29, 0.717) is 36.0 Å². The van der Waals surface area contributed by atoms with Gasteiger partial charge in [0.25, 0.3) is 5.91 Å². The number of rotatable bonds is 6. The average molecular weight is 414 g/mol. The van der Waals surface area contributed by atoms with E-state index in [-0.39, 0.29) is 12.5 Å². The lowest BCUT2D eigenvalue weighted by Crippen LogP contribution is -2.41. The number of hydrogen-bond donors (Lipinski definition) is 1. The molecule has 0 aliphatic carbocycles. The van der Waals surface area contributed by atoms with Gasteiger partial charge in [-0.05, 0) is 63.2 Å². The number of nitrogens with one attached hydrogen (secondary N) is 1. The summed E-state index contributed by atoms with van der Waals surface area (Å²) in [5.74, 6) is 1.80. The minimum Gasteiger partial charge on any atom is -0.497 e. The van der Waals surface area contributed by atoms with Crippen LogP contribution in [0, 0.1) is 0 Å². The summed E-state index contributed by atoms with van der Waals surface area (Å²) < 4.78 is 21.6. The molecule has 0 saturated carbocycles. The number of nitrogens with zero attached hydrogens (tertiary/aromatic N) is 1. The molecule has 0 aromatic heterocycles. The van der Waals surface area contributed by atoms with Crippen LogP contribution in [-0.2, 0) is 9.53 Å². The molecular formula is C22H26N2O6. The van der Waals surface area contributed by atoms with Gasteiger partial charge < -0.3 is 23.8 Å². The highest BCUT2D eigenvalue weighted by Crippen LogP contribution is 2.34. The van der Waals surface area contributed by atoms with E-state index in [1.54, 1.807) is 75.2 Å². The summed E-state index contributed by atoms with van der Waals surface area (Å²) in [6.45, 7) is 5.94. The van der Waals surface area contributed by atoms with Gasteiger partial charge in [-0.1, -0.05) is 0 Å². The molecule has 1 aliphatic rings. The van der Waals surface area contributed by atoms with Gasteiger partial charge in [0.1, 0.15) is 29.5 Å². The van der Waals surface area contributed by atoms with Crippen LogP contribution in [0.4, 0.5) is 16.2 Å². The molecule has 2 aromatic carbocycles. The minimum atomic E-state index is -0.609. The Bertz CT molecular complexity index is 905. The Labute approximate surface area is 175 Å². The van der Waals surface area contributed by atoms with Gasteiger partial charge in [-0.2, -0.15) is 0 Å². The molecule has 0 bridgehead atoms. The molecule has 30 heavy (non-hydrogen) atoms. The lowest BCUT2D eigenvalue weighted by atomic mass is 10.2. The van der Waals surface area contributed by atoms with Crippen LogP contribution >= 0.6 is 0 Å². The van der Waals surface area contributed by atoms with Crippen LogP contribution in [0.5, 0.6) is 17.2 Å². The van der Waals surface area contributed by atoms with Crippen molar-refractivity contribution < 1.29 is 28.5 Å². The number of carbonyl (C=O) groups excluding carboxylic acids is 2. The number of hydrogen-bond acceptors (Lipinski definition) is 6. The lowest BCUT2D eigenvalue weighted by Gasteiger charge is -2.30. The molecule has 0 fully saturated rings. The van der Waals surface area contributed by atoms with Crippen molar-refractivity contribution in [3.05, 3.63) is 42.5 Å². The number of ether oxygens (including phenoxy) is 4. The van der Waals surface area contributed by atoms with Crippen molar-refractivity contribution in [3.63, 3.8) is 0 Å². The van der Waals surface area contributed by atoms with Crippen molar-refractivity contribution in [1.82, 2.24) is 0 Å². The van der Waals surface area contributed by atoms with Crippen molar-refractivity contribution in [3.8, 4) is 17.2 Å². The van der Waals surface area contributed by atoms with Crippen molar-refractivity contribution in [2.24, 2.45) is 0 Å². The zero-order chi connectivity index (χ0) is 21.7.